The number of amides is 1. The lowest BCUT2D eigenvalue weighted by Gasteiger charge is -2.25. The van der Waals surface area contributed by atoms with E-state index in [2.05, 4.69) is 16.3 Å². The van der Waals surface area contributed by atoms with Crippen molar-refractivity contribution in [2.75, 3.05) is 23.3 Å². The Morgan fingerprint density at radius 3 is 2.88 bits per heavy atom. The quantitative estimate of drug-likeness (QED) is 0.805. The molecule has 90 valence electrons. The molecule has 1 amide bonds. The second-order valence-corrected chi connectivity index (χ2v) is 4.62. The number of anilines is 2. The van der Waals surface area contributed by atoms with Crippen LogP contribution in [0, 0.1) is 0 Å². The van der Waals surface area contributed by atoms with E-state index in [1.54, 1.807) is 6.92 Å². The maximum Gasteiger partial charge on any atom is 0.265 e. The van der Waals surface area contributed by atoms with Crippen LogP contribution < -0.4 is 15.0 Å². The van der Waals surface area contributed by atoms with Crippen molar-refractivity contribution in [3.05, 3.63) is 18.2 Å². The first-order valence-corrected chi connectivity index (χ1v) is 6.10. The van der Waals surface area contributed by atoms with Crippen LogP contribution in [0.1, 0.15) is 19.8 Å². The van der Waals surface area contributed by atoms with Crippen molar-refractivity contribution < 1.29 is 9.53 Å². The molecule has 1 aromatic rings. The van der Waals surface area contributed by atoms with E-state index in [1.807, 2.05) is 12.1 Å². The summed E-state index contributed by atoms with van der Waals surface area (Å²) >= 11 is 0. The minimum atomic E-state index is -0.403. The third-order valence-electron chi connectivity index (χ3n) is 3.37. The molecule has 1 saturated heterocycles. The number of fused-ring (bicyclic) bond motifs is 1. The highest BCUT2D eigenvalue weighted by Gasteiger charge is 2.24. The van der Waals surface area contributed by atoms with Crippen LogP contribution in [0.5, 0.6) is 5.75 Å². The predicted octanol–water partition coefficient (Wildman–Crippen LogP) is 2.01. The molecule has 0 saturated carbocycles. The first-order valence-electron chi connectivity index (χ1n) is 6.10. The Morgan fingerprint density at radius 1 is 1.35 bits per heavy atom. The van der Waals surface area contributed by atoms with Crippen LogP contribution in [0.3, 0.4) is 0 Å². The summed E-state index contributed by atoms with van der Waals surface area (Å²) in [5.74, 6) is 0.691. The van der Waals surface area contributed by atoms with Gasteiger partial charge in [-0.25, -0.2) is 0 Å². The molecular weight excluding hydrogens is 216 g/mol. The molecule has 1 aromatic carbocycles. The minimum absolute atomic E-state index is 0.0731. The van der Waals surface area contributed by atoms with Crippen LogP contribution in [-0.2, 0) is 4.79 Å². The highest BCUT2D eigenvalue weighted by molar-refractivity contribution is 5.98. The molecule has 17 heavy (non-hydrogen) atoms. The highest BCUT2D eigenvalue weighted by Crippen LogP contribution is 2.34. The first kappa shape index (κ1) is 10.4. The summed E-state index contributed by atoms with van der Waals surface area (Å²) in [6.07, 6.45) is 2.09. The maximum atomic E-state index is 11.5. The van der Waals surface area contributed by atoms with Crippen LogP contribution in [0.2, 0.25) is 0 Å². The number of rotatable bonds is 1. The SMILES string of the molecule is CC1Oc2ccc(N3CCCC3)cc2NC1=O. The van der Waals surface area contributed by atoms with Crippen molar-refractivity contribution in [3.8, 4) is 5.75 Å². The molecule has 1 unspecified atom stereocenters. The van der Waals surface area contributed by atoms with E-state index in [1.165, 1.54) is 18.5 Å². The van der Waals surface area contributed by atoms with Crippen LogP contribution in [0.15, 0.2) is 18.2 Å². The molecule has 1 fully saturated rings. The summed E-state index contributed by atoms with van der Waals surface area (Å²) in [5.41, 5.74) is 1.96. The summed E-state index contributed by atoms with van der Waals surface area (Å²) in [6, 6.07) is 6.01. The molecule has 0 spiro atoms. The molecule has 1 N–H and O–H groups in total. The predicted molar refractivity (Wildman–Crippen MR) is 66.6 cm³/mol. The Morgan fingerprint density at radius 2 is 2.12 bits per heavy atom. The van der Waals surface area contributed by atoms with Crippen LogP contribution in [0.25, 0.3) is 0 Å². The molecular formula is C13H16N2O2. The van der Waals surface area contributed by atoms with Gasteiger partial charge in [-0.3, -0.25) is 4.79 Å². The van der Waals surface area contributed by atoms with Gasteiger partial charge in [0.2, 0.25) is 0 Å². The number of hydrogen-bond donors (Lipinski definition) is 1. The van der Waals surface area contributed by atoms with Gasteiger partial charge in [0.05, 0.1) is 5.69 Å². The second-order valence-electron chi connectivity index (χ2n) is 4.62. The fourth-order valence-electron chi connectivity index (χ4n) is 2.37. The molecule has 3 rings (SSSR count). The molecule has 4 nitrogen and oxygen atoms in total. The van der Waals surface area contributed by atoms with E-state index < -0.39 is 6.10 Å². The van der Waals surface area contributed by atoms with Gasteiger partial charge in [0.15, 0.2) is 6.10 Å². The minimum Gasteiger partial charge on any atom is -0.479 e. The lowest BCUT2D eigenvalue weighted by atomic mass is 10.2. The zero-order valence-corrected chi connectivity index (χ0v) is 9.90. The van der Waals surface area contributed by atoms with Crippen molar-refractivity contribution in [1.29, 1.82) is 0 Å². The normalized spacial score (nSPS) is 23.0. The Kier molecular flexibility index (Phi) is 2.42. The summed E-state index contributed by atoms with van der Waals surface area (Å²) < 4.78 is 5.53. The number of benzene rings is 1. The van der Waals surface area contributed by atoms with Gasteiger partial charge >= 0.3 is 0 Å². The summed E-state index contributed by atoms with van der Waals surface area (Å²) in [5, 5.41) is 2.88. The van der Waals surface area contributed by atoms with Crippen LogP contribution in [0.4, 0.5) is 11.4 Å². The summed E-state index contributed by atoms with van der Waals surface area (Å²) in [6.45, 7) is 3.96. The topological polar surface area (TPSA) is 41.6 Å². The van der Waals surface area contributed by atoms with Gasteiger partial charge < -0.3 is 15.0 Å². The van der Waals surface area contributed by atoms with E-state index in [-0.39, 0.29) is 5.91 Å². The molecule has 0 aromatic heterocycles. The van der Waals surface area contributed by atoms with Gasteiger partial charge in [0.25, 0.3) is 5.91 Å². The molecule has 0 radical (unpaired) electrons. The fourth-order valence-corrected chi connectivity index (χ4v) is 2.37. The van der Waals surface area contributed by atoms with Gasteiger partial charge in [-0.05, 0) is 38.0 Å². The van der Waals surface area contributed by atoms with Gasteiger partial charge in [0.1, 0.15) is 5.75 Å². The van der Waals surface area contributed by atoms with Crippen molar-refractivity contribution in [2.45, 2.75) is 25.9 Å². The lowest BCUT2D eigenvalue weighted by molar-refractivity contribution is -0.122. The fraction of sp³-hybridized carbons (Fsp3) is 0.462. The van der Waals surface area contributed by atoms with Crippen LogP contribution in [-0.4, -0.2) is 25.1 Å². The van der Waals surface area contributed by atoms with Gasteiger partial charge in [-0.2, -0.15) is 0 Å². The average molecular weight is 232 g/mol. The van der Waals surface area contributed by atoms with Gasteiger partial charge in [-0.1, -0.05) is 0 Å². The summed E-state index contributed by atoms with van der Waals surface area (Å²) in [7, 11) is 0. The number of hydrogen-bond acceptors (Lipinski definition) is 3. The number of nitrogens with zero attached hydrogens (tertiary/aromatic N) is 1. The molecule has 4 heteroatoms. The molecule has 1 atom stereocenters. The number of nitrogens with one attached hydrogen (secondary N) is 1. The highest BCUT2D eigenvalue weighted by atomic mass is 16.5. The molecule has 2 aliphatic heterocycles. The monoisotopic (exact) mass is 232 g/mol. The lowest BCUT2D eigenvalue weighted by Crippen LogP contribution is -2.34. The Hall–Kier alpha value is -1.71. The number of carbonyl (C=O) groups is 1. The summed E-state index contributed by atoms with van der Waals surface area (Å²) in [4.78, 5) is 13.9. The Labute approximate surface area is 101 Å². The second kappa shape index (κ2) is 3.95. The third-order valence-corrected chi connectivity index (χ3v) is 3.37. The largest absolute Gasteiger partial charge is 0.479 e. The average Bonchev–Trinajstić information content (AvgIpc) is 2.83. The Balaban J connectivity index is 1.90. The van der Waals surface area contributed by atoms with E-state index in [9.17, 15) is 4.79 Å². The third kappa shape index (κ3) is 1.84. The van der Waals surface area contributed by atoms with Crippen molar-refractivity contribution in [3.63, 3.8) is 0 Å². The first-order chi connectivity index (χ1) is 8.24. The zero-order valence-electron chi connectivity index (χ0n) is 9.90. The van der Waals surface area contributed by atoms with E-state index >= 15 is 0 Å². The van der Waals surface area contributed by atoms with Gasteiger partial charge in [-0.15, -0.1) is 0 Å². The Bertz CT molecular complexity index is 453. The molecule has 2 aliphatic rings. The molecule has 0 bridgehead atoms. The van der Waals surface area contributed by atoms with Crippen molar-refractivity contribution in [2.24, 2.45) is 0 Å². The molecule has 2 heterocycles. The zero-order chi connectivity index (χ0) is 11.8. The smallest absolute Gasteiger partial charge is 0.265 e. The maximum absolute atomic E-state index is 11.5. The standard InChI is InChI=1S/C13H16N2O2/c1-9-13(16)14-11-8-10(4-5-12(11)17-9)15-6-2-3-7-15/h4-5,8-9H,2-3,6-7H2,1H3,(H,14,16). The van der Waals surface area contributed by atoms with Crippen molar-refractivity contribution >= 4 is 17.3 Å². The van der Waals surface area contributed by atoms with Crippen molar-refractivity contribution in [1.82, 2.24) is 0 Å². The van der Waals surface area contributed by atoms with Crippen LogP contribution >= 0.6 is 0 Å². The number of carbonyl (C=O) groups excluding carboxylic acids is 1. The number of ether oxygens (including phenoxy) is 1. The van der Waals surface area contributed by atoms with E-state index in [0.717, 1.165) is 24.5 Å². The van der Waals surface area contributed by atoms with E-state index in [4.69, 9.17) is 4.74 Å². The molecule has 0 aliphatic carbocycles. The van der Waals surface area contributed by atoms with E-state index in [0.29, 0.717) is 0 Å². The van der Waals surface area contributed by atoms with Gasteiger partial charge in [0, 0.05) is 18.8 Å².